The van der Waals surface area contributed by atoms with E-state index in [2.05, 4.69) is 165 Å². The second-order valence-corrected chi connectivity index (χ2v) is 12.3. The first-order chi connectivity index (χ1) is 24.5. The van der Waals surface area contributed by atoms with Crippen LogP contribution >= 0.6 is 0 Å². The maximum Gasteiger partial charge on any atom is 0.0708 e. The Bertz CT molecular complexity index is 2300. The lowest BCUT2D eigenvalue weighted by atomic mass is 9.95. The predicted octanol–water partition coefficient (Wildman–Crippen LogP) is 13.2. The highest BCUT2D eigenvalue weighted by Crippen LogP contribution is 2.31. The van der Waals surface area contributed by atoms with Crippen LogP contribution in [0.5, 0.6) is 0 Å². The van der Waals surface area contributed by atoms with Gasteiger partial charge in [0.25, 0.3) is 0 Å². The maximum atomic E-state index is 4.43. The van der Waals surface area contributed by atoms with Gasteiger partial charge in [-0.1, -0.05) is 140 Å². The van der Waals surface area contributed by atoms with Crippen LogP contribution < -0.4 is 0 Å². The van der Waals surface area contributed by atoms with Gasteiger partial charge in [0.15, 0.2) is 0 Å². The fraction of sp³-hybridized carbons (Fsp3) is 0.0833. The minimum absolute atomic E-state index is 1.03. The lowest BCUT2D eigenvalue weighted by Crippen LogP contribution is -1.86. The second-order valence-electron chi connectivity index (χ2n) is 12.3. The number of fused-ring (bicyclic) bond motifs is 3. The number of hydrogen-bond acceptors (Lipinski definition) is 2. The largest absolute Gasteiger partial charge is 0.264 e. The number of rotatable bonds is 4. The molecule has 2 aromatic heterocycles. The molecule has 0 aliphatic heterocycles. The molecule has 2 nitrogen and oxygen atoms in total. The van der Waals surface area contributed by atoms with Crippen molar-refractivity contribution in [2.24, 2.45) is 0 Å². The van der Waals surface area contributed by atoms with Crippen LogP contribution in [-0.2, 0) is 0 Å². The lowest BCUT2D eigenvalue weighted by Gasteiger charge is -2.09. The molecule has 2 heterocycles. The molecule has 0 radical (unpaired) electrons. The van der Waals surface area contributed by atoms with Crippen molar-refractivity contribution in [2.45, 2.75) is 27.7 Å². The molecule has 0 saturated carbocycles. The second kappa shape index (κ2) is 15.9. The molecule has 0 atom stereocenters. The summed E-state index contributed by atoms with van der Waals surface area (Å²) in [6, 6.07) is 48.6. The summed E-state index contributed by atoms with van der Waals surface area (Å²) < 4.78 is 0. The van der Waals surface area contributed by atoms with Crippen molar-refractivity contribution >= 4 is 37.9 Å². The Labute approximate surface area is 296 Å². The van der Waals surface area contributed by atoms with Crippen LogP contribution in [0.15, 0.2) is 177 Å². The van der Waals surface area contributed by atoms with Gasteiger partial charge < -0.3 is 0 Å². The van der Waals surface area contributed by atoms with E-state index in [0.29, 0.717) is 0 Å². The highest BCUT2D eigenvalue weighted by Gasteiger charge is 2.07. The van der Waals surface area contributed by atoms with E-state index in [0.717, 1.165) is 5.69 Å². The summed E-state index contributed by atoms with van der Waals surface area (Å²) in [5, 5.41) is 7.80. The van der Waals surface area contributed by atoms with Gasteiger partial charge in [-0.2, -0.15) is 0 Å². The quantitative estimate of drug-likeness (QED) is 0.178. The van der Waals surface area contributed by atoms with E-state index in [1.54, 1.807) is 6.20 Å². The number of allylic oxidation sites excluding steroid dienone is 3. The Morgan fingerprint density at radius 2 is 1.02 bits per heavy atom. The van der Waals surface area contributed by atoms with Gasteiger partial charge in [-0.3, -0.25) is 9.97 Å². The smallest absolute Gasteiger partial charge is 0.0708 e. The first-order valence-corrected chi connectivity index (χ1v) is 17.1. The van der Waals surface area contributed by atoms with Crippen molar-refractivity contribution in [3.8, 4) is 22.4 Å². The highest BCUT2D eigenvalue weighted by atomic mass is 14.7. The molecule has 50 heavy (non-hydrogen) atoms. The van der Waals surface area contributed by atoms with Crippen LogP contribution in [0.3, 0.4) is 0 Å². The van der Waals surface area contributed by atoms with E-state index >= 15 is 0 Å². The number of pyridine rings is 2. The summed E-state index contributed by atoms with van der Waals surface area (Å²) in [7, 11) is 0. The monoisotopic (exact) mass is 646 g/mol. The molecule has 0 unspecified atom stereocenters. The summed E-state index contributed by atoms with van der Waals surface area (Å²) in [5.41, 5.74) is 11.0. The lowest BCUT2D eigenvalue weighted by molar-refractivity contribution is 1.33. The van der Waals surface area contributed by atoms with E-state index < -0.39 is 0 Å². The molecule has 0 N–H and O–H groups in total. The van der Waals surface area contributed by atoms with Gasteiger partial charge in [-0.15, -0.1) is 0 Å². The Morgan fingerprint density at radius 3 is 1.56 bits per heavy atom. The molecule has 2 heteroatoms. The summed E-state index contributed by atoms with van der Waals surface area (Å²) in [4.78, 5) is 8.62. The number of nitrogens with zero attached hydrogens (tertiary/aromatic N) is 2. The van der Waals surface area contributed by atoms with Crippen molar-refractivity contribution in [2.75, 3.05) is 0 Å². The fourth-order valence-electron chi connectivity index (χ4n) is 6.50. The van der Waals surface area contributed by atoms with E-state index in [1.165, 1.54) is 76.8 Å². The average Bonchev–Trinajstić information content (AvgIpc) is 3.18. The maximum absolute atomic E-state index is 4.43. The van der Waals surface area contributed by atoms with Crippen LogP contribution in [0.1, 0.15) is 29.2 Å². The third-order valence-electron chi connectivity index (χ3n) is 9.18. The van der Waals surface area contributed by atoms with Gasteiger partial charge in [0.05, 0.1) is 5.69 Å². The average molecular weight is 647 g/mol. The third kappa shape index (κ3) is 7.31. The fourth-order valence-corrected chi connectivity index (χ4v) is 6.50. The Kier molecular flexibility index (Phi) is 10.7. The summed E-state index contributed by atoms with van der Waals surface area (Å²) in [6.45, 7) is 12.4. The van der Waals surface area contributed by atoms with E-state index in [1.807, 2.05) is 43.6 Å². The van der Waals surface area contributed by atoms with Crippen LogP contribution in [-0.4, -0.2) is 9.97 Å². The number of aryl methyl sites for hydroxylation is 3. The molecule has 0 fully saturated rings. The van der Waals surface area contributed by atoms with Gasteiger partial charge in [-0.05, 0) is 112 Å². The van der Waals surface area contributed by atoms with Crippen molar-refractivity contribution in [3.05, 3.63) is 199 Å². The molecule has 0 aliphatic rings. The van der Waals surface area contributed by atoms with Crippen molar-refractivity contribution in [1.82, 2.24) is 9.97 Å². The van der Waals surface area contributed by atoms with Gasteiger partial charge in [0, 0.05) is 29.7 Å². The highest BCUT2D eigenvalue weighted by molar-refractivity contribution is 5.99. The van der Waals surface area contributed by atoms with Crippen LogP contribution in [0.25, 0.3) is 60.3 Å². The molecule has 0 saturated heterocycles. The van der Waals surface area contributed by atoms with Crippen LogP contribution in [0.2, 0.25) is 0 Å². The van der Waals surface area contributed by atoms with E-state index in [9.17, 15) is 0 Å². The Balaban J connectivity index is 0.000000130. The standard InChI is InChI=1S/2C16H13N.C16H16/c1-12-8-9-15(13-5-4-10-17-11-13)16-7-3-2-6-14(12)16;1-12-9-10-15(16-8-4-5-11-17-16)14-7-3-2-6-13(12)14;1-4-13(5-2)15-11-10-12(3)14-8-6-7-9-16(14)15/h2*2-11H,1H3;4-11H,1H2,2-3H3/b;;13-5+. The molecule has 0 bridgehead atoms. The van der Waals surface area contributed by atoms with Gasteiger partial charge in [0.1, 0.15) is 0 Å². The predicted molar refractivity (Wildman–Crippen MR) is 216 cm³/mol. The molecule has 244 valence electrons. The molecular weight excluding hydrogens is 605 g/mol. The first-order valence-electron chi connectivity index (χ1n) is 17.1. The van der Waals surface area contributed by atoms with Crippen LogP contribution in [0.4, 0.5) is 0 Å². The van der Waals surface area contributed by atoms with Crippen molar-refractivity contribution < 1.29 is 0 Å². The summed E-state index contributed by atoms with van der Waals surface area (Å²) in [6.07, 6.45) is 9.57. The third-order valence-corrected chi connectivity index (χ3v) is 9.18. The first kappa shape index (κ1) is 33.8. The zero-order chi connectivity index (χ0) is 34.9. The topological polar surface area (TPSA) is 25.8 Å². The zero-order valence-electron chi connectivity index (χ0n) is 29.3. The van der Waals surface area contributed by atoms with Gasteiger partial charge in [0.2, 0.25) is 0 Å². The number of aromatic nitrogens is 2. The van der Waals surface area contributed by atoms with Gasteiger partial charge >= 0.3 is 0 Å². The number of hydrogen-bond donors (Lipinski definition) is 0. The van der Waals surface area contributed by atoms with Crippen LogP contribution in [0, 0.1) is 20.8 Å². The van der Waals surface area contributed by atoms with E-state index in [-0.39, 0.29) is 0 Å². The molecule has 0 spiro atoms. The SMILES string of the molecule is C=C/C(=C\C)c1ccc(C)c2ccccc12.Cc1ccc(-c2ccccn2)c2ccccc12.Cc1ccc(-c2cccnc2)c2ccccc12. The summed E-state index contributed by atoms with van der Waals surface area (Å²) in [5.74, 6) is 0. The zero-order valence-corrected chi connectivity index (χ0v) is 29.3. The van der Waals surface area contributed by atoms with Crippen molar-refractivity contribution in [1.29, 1.82) is 0 Å². The van der Waals surface area contributed by atoms with E-state index in [4.69, 9.17) is 0 Å². The Hall–Kier alpha value is -6.12. The molecule has 8 rings (SSSR count). The van der Waals surface area contributed by atoms with Crippen molar-refractivity contribution in [3.63, 3.8) is 0 Å². The Morgan fingerprint density at radius 1 is 0.500 bits per heavy atom. The minimum Gasteiger partial charge on any atom is -0.264 e. The molecule has 6 aromatic carbocycles. The molecule has 0 aliphatic carbocycles. The number of benzene rings is 6. The van der Waals surface area contributed by atoms with Gasteiger partial charge in [-0.25, -0.2) is 0 Å². The normalized spacial score (nSPS) is 11.0. The minimum atomic E-state index is 1.03. The molecular formula is C48H42N2. The molecule has 8 aromatic rings. The summed E-state index contributed by atoms with van der Waals surface area (Å²) >= 11 is 0. The molecule has 0 amide bonds.